The Morgan fingerprint density at radius 1 is 1.32 bits per heavy atom. The van der Waals surface area contributed by atoms with Gasteiger partial charge in [-0.1, -0.05) is 32.0 Å². The van der Waals surface area contributed by atoms with Crippen LogP contribution in [0.5, 0.6) is 0 Å². The molecule has 1 aromatic carbocycles. The van der Waals surface area contributed by atoms with Crippen molar-refractivity contribution < 1.29 is 14.3 Å². The molecular weight excluding hydrogens is 316 g/mol. The molecule has 2 aliphatic heterocycles. The number of ether oxygens (including phenoxy) is 1. The zero-order chi connectivity index (χ0) is 18.2. The van der Waals surface area contributed by atoms with Gasteiger partial charge in [0.1, 0.15) is 6.04 Å². The lowest BCUT2D eigenvalue weighted by molar-refractivity contribution is -0.130. The first-order valence-corrected chi connectivity index (χ1v) is 9.12. The summed E-state index contributed by atoms with van der Waals surface area (Å²) in [5, 5.41) is 3.17. The Labute approximate surface area is 149 Å². The third-order valence-corrected chi connectivity index (χ3v) is 5.13. The maximum absolute atomic E-state index is 13.0. The van der Waals surface area contributed by atoms with E-state index in [-0.39, 0.29) is 29.4 Å². The Morgan fingerprint density at radius 2 is 2.04 bits per heavy atom. The van der Waals surface area contributed by atoms with Crippen molar-refractivity contribution in [3.63, 3.8) is 0 Å². The van der Waals surface area contributed by atoms with Crippen LogP contribution in [-0.4, -0.2) is 41.0 Å². The van der Waals surface area contributed by atoms with Gasteiger partial charge in [0.2, 0.25) is 5.91 Å². The Morgan fingerprint density at radius 3 is 2.68 bits per heavy atom. The van der Waals surface area contributed by atoms with Crippen molar-refractivity contribution in [1.29, 1.82) is 0 Å². The molecule has 0 aliphatic carbocycles. The van der Waals surface area contributed by atoms with Crippen molar-refractivity contribution in [2.45, 2.75) is 64.8 Å². The molecule has 2 amide bonds. The highest BCUT2D eigenvalue weighted by atomic mass is 16.5. The van der Waals surface area contributed by atoms with Gasteiger partial charge in [0.05, 0.1) is 5.60 Å². The average Bonchev–Trinajstić information content (AvgIpc) is 2.83. The molecule has 0 unspecified atom stereocenters. The summed E-state index contributed by atoms with van der Waals surface area (Å²) in [6.45, 7) is 9.24. The minimum absolute atomic E-state index is 0.0447. The van der Waals surface area contributed by atoms with Gasteiger partial charge < -0.3 is 15.0 Å². The Kier molecular flexibility index (Phi) is 4.87. The highest BCUT2D eigenvalue weighted by molar-refractivity contribution is 6.01. The third-order valence-electron chi connectivity index (χ3n) is 5.13. The lowest BCUT2D eigenvalue weighted by Crippen LogP contribution is -2.54. The Bertz CT molecular complexity index is 669. The van der Waals surface area contributed by atoms with Crippen molar-refractivity contribution in [2.75, 3.05) is 6.61 Å². The van der Waals surface area contributed by atoms with Gasteiger partial charge in [-0.25, -0.2) is 0 Å². The van der Waals surface area contributed by atoms with Crippen LogP contribution >= 0.6 is 0 Å². The zero-order valence-electron chi connectivity index (χ0n) is 15.5. The molecule has 0 bridgehead atoms. The fraction of sp³-hybridized carbons (Fsp3) is 0.600. The molecule has 1 aromatic rings. The number of nitrogens with one attached hydrogen (secondary N) is 1. The zero-order valence-corrected chi connectivity index (χ0v) is 15.5. The molecule has 5 heteroatoms. The molecule has 25 heavy (non-hydrogen) atoms. The smallest absolute Gasteiger partial charge is 0.255 e. The van der Waals surface area contributed by atoms with Gasteiger partial charge in [-0.05, 0) is 44.2 Å². The lowest BCUT2D eigenvalue weighted by Gasteiger charge is -2.37. The largest absolute Gasteiger partial charge is 0.375 e. The summed E-state index contributed by atoms with van der Waals surface area (Å²) in [6.07, 6.45) is 1.60. The number of hydrogen-bond acceptors (Lipinski definition) is 3. The first kappa shape index (κ1) is 17.9. The predicted molar refractivity (Wildman–Crippen MR) is 96.1 cm³/mol. The lowest BCUT2D eigenvalue weighted by atomic mass is 9.93. The van der Waals surface area contributed by atoms with E-state index in [2.05, 4.69) is 5.32 Å². The number of benzene rings is 1. The molecular formula is C20H28N2O3. The SMILES string of the molecule is CC(C)[C@@H](C(=O)N[C@@H]1CCOC(C)(C)C1)N1Cc2ccccc2C1=O. The van der Waals surface area contributed by atoms with Crippen molar-refractivity contribution in [3.05, 3.63) is 35.4 Å². The van der Waals surface area contributed by atoms with E-state index >= 15 is 0 Å². The van der Waals surface area contributed by atoms with E-state index in [4.69, 9.17) is 4.74 Å². The number of amides is 2. The predicted octanol–water partition coefficient (Wildman–Crippen LogP) is 2.74. The maximum atomic E-state index is 13.0. The van der Waals surface area contributed by atoms with E-state index < -0.39 is 6.04 Å². The fourth-order valence-corrected chi connectivity index (χ4v) is 3.95. The van der Waals surface area contributed by atoms with Crippen LogP contribution in [0, 0.1) is 5.92 Å². The molecule has 0 aromatic heterocycles. The summed E-state index contributed by atoms with van der Waals surface area (Å²) in [4.78, 5) is 27.5. The van der Waals surface area contributed by atoms with Crippen molar-refractivity contribution in [3.8, 4) is 0 Å². The first-order chi connectivity index (χ1) is 11.8. The number of hydrogen-bond donors (Lipinski definition) is 1. The summed E-state index contributed by atoms with van der Waals surface area (Å²) >= 11 is 0. The minimum Gasteiger partial charge on any atom is -0.375 e. The average molecular weight is 344 g/mol. The van der Waals surface area contributed by atoms with Gasteiger partial charge in [-0.3, -0.25) is 9.59 Å². The number of fused-ring (bicyclic) bond motifs is 1. The normalized spacial score (nSPS) is 23.5. The Hall–Kier alpha value is -1.88. The van der Waals surface area contributed by atoms with Crippen LogP contribution in [0.4, 0.5) is 0 Å². The minimum atomic E-state index is -0.453. The van der Waals surface area contributed by atoms with E-state index in [9.17, 15) is 9.59 Å². The number of carbonyl (C=O) groups excluding carboxylic acids is 2. The van der Waals surface area contributed by atoms with Crippen LogP contribution in [0.15, 0.2) is 24.3 Å². The summed E-state index contributed by atoms with van der Waals surface area (Å²) in [5.74, 6) is -0.0540. The van der Waals surface area contributed by atoms with Gasteiger partial charge >= 0.3 is 0 Å². The molecule has 2 aliphatic rings. The van der Waals surface area contributed by atoms with Crippen LogP contribution in [0.2, 0.25) is 0 Å². The quantitative estimate of drug-likeness (QED) is 0.914. The van der Waals surface area contributed by atoms with E-state index in [0.717, 1.165) is 18.4 Å². The fourth-order valence-electron chi connectivity index (χ4n) is 3.95. The summed E-state index contributed by atoms with van der Waals surface area (Å²) < 4.78 is 5.73. The second kappa shape index (κ2) is 6.79. The first-order valence-electron chi connectivity index (χ1n) is 9.12. The molecule has 2 atom stereocenters. The molecule has 136 valence electrons. The van der Waals surface area contributed by atoms with Gasteiger partial charge in [0.15, 0.2) is 0 Å². The van der Waals surface area contributed by atoms with Crippen LogP contribution < -0.4 is 5.32 Å². The molecule has 5 nitrogen and oxygen atoms in total. The molecule has 0 radical (unpaired) electrons. The summed E-state index contributed by atoms with van der Waals surface area (Å²) in [7, 11) is 0. The van der Waals surface area contributed by atoms with E-state index in [1.165, 1.54) is 0 Å². The summed E-state index contributed by atoms with van der Waals surface area (Å²) in [6, 6.07) is 7.25. The van der Waals surface area contributed by atoms with E-state index in [1.807, 2.05) is 52.0 Å². The van der Waals surface area contributed by atoms with Gasteiger partial charge in [0, 0.05) is 24.8 Å². The van der Waals surface area contributed by atoms with Gasteiger partial charge in [-0.2, -0.15) is 0 Å². The molecule has 0 saturated carbocycles. The van der Waals surface area contributed by atoms with Crippen LogP contribution in [0.3, 0.4) is 0 Å². The van der Waals surface area contributed by atoms with Crippen LogP contribution in [-0.2, 0) is 16.1 Å². The highest BCUT2D eigenvalue weighted by Gasteiger charge is 2.39. The Balaban J connectivity index is 1.74. The van der Waals surface area contributed by atoms with E-state index in [0.29, 0.717) is 18.7 Å². The number of rotatable bonds is 4. The van der Waals surface area contributed by atoms with E-state index in [1.54, 1.807) is 4.90 Å². The summed E-state index contributed by atoms with van der Waals surface area (Å²) in [5.41, 5.74) is 1.50. The number of carbonyl (C=O) groups is 2. The molecule has 1 saturated heterocycles. The monoisotopic (exact) mass is 344 g/mol. The topological polar surface area (TPSA) is 58.6 Å². The highest BCUT2D eigenvalue weighted by Crippen LogP contribution is 2.28. The standard InChI is InChI=1S/C20H28N2O3/c1-13(2)17(18(23)21-15-9-10-25-20(3,4)11-15)22-12-14-7-5-6-8-16(14)19(22)24/h5-8,13,15,17H,9-12H2,1-4H3,(H,21,23)/t15-,17+/m1/s1. The molecule has 2 heterocycles. The molecule has 1 N–H and O–H groups in total. The number of nitrogens with zero attached hydrogens (tertiary/aromatic N) is 1. The van der Waals surface area contributed by atoms with Gasteiger partial charge in [-0.15, -0.1) is 0 Å². The van der Waals surface area contributed by atoms with Crippen LogP contribution in [0.25, 0.3) is 0 Å². The molecule has 3 rings (SSSR count). The third kappa shape index (κ3) is 3.71. The van der Waals surface area contributed by atoms with Crippen LogP contribution in [0.1, 0.15) is 56.5 Å². The molecule has 0 spiro atoms. The van der Waals surface area contributed by atoms with Gasteiger partial charge in [0.25, 0.3) is 5.91 Å². The van der Waals surface area contributed by atoms with Crippen molar-refractivity contribution >= 4 is 11.8 Å². The van der Waals surface area contributed by atoms with Crippen molar-refractivity contribution in [1.82, 2.24) is 10.2 Å². The molecule has 1 fully saturated rings. The second-order valence-corrected chi connectivity index (χ2v) is 8.09. The second-order valence-electron chi connectivity index (χ2n) is 8.09. The van der Waals surface area contributed by atoms with Crippen molar-refractivity contribution in [2.24, 2.45) is 5.92 Å². The maximum Gasteiger partial charge on any atom is 0.255 e.